The summed E-state index contributed by atoms with van der Waals surface area (Å²) in [6.45, 7) is 0. The molecule has 0 saturated carbocycles. The molecular weight excluding hydrogens is 259 g/mol. The van der Waals surface area contributed by atoms with Gasteiger partial charge in [-0.25, -0.2) is 0 Å². The Morgan fingerprint density at radius 2 is 0.800 bits per heavy atom. The third-order valence-corrected chi connectivity index (χ3v) is 0. The summed E-state index contributed by atoms with van der Waals surface area (Å²) in [5.74, 6) is 0. The predicted octanol–water partition coefficient (Wildman–Crippen LogP) is -4.05. The van der Waals surface area contributed by atoms with Crippen LogP contribution in [-0.4, -0.2) is 43.0 Å². The average molecular weight is 265 g/mol. The molecule has 0 aliphatic heterocycles. The monoisotopic (exact) mass is 264 g/mol. The van der Waals surface area contributed by atoms with Crippen molar-refractivity contribution < 1.29 is 59.8 Å². The second-order valence-corrected chi connectivity index (χ2v) is 1.70. The molecule has 0 saturated heterocycles. The fourth-order valence-electron chi connectivity index (χ4n) is 0. The topological polar surface area (TPSA) is 147 Å². The molecule has 0 unspecified atom stereocenters. The molecule has 0 aromatic carbocycles. The van der Waals surface area contributed by atoms with Gasteiger partial charge in [-0.3, -0.25) is 8.92 Å². The van der Waals surface area contributed by atoms with Crippen molar-refractivity contribution in [2.24, 2.45) is 0 Å². The van der Waals surface area contributed by atoms with Crippen LogP contribution in [0.3, 0.4) is 0 Å². The summed E-state index contributed by atoms with van der Waals surface area (Å²) in [7, 11) is -6.26. The molecule has 7 nitrogen and oxygen atoms in total. The molecule has 0 aromatic heterocycles. The summed E-state index contributed by atoms with van der Waals surface area (Å²) in [6, 6.07) is 0. The summed E-state index contributed by atoms with van der Waals surface area (Å²) in [5.41, 5.74) is 0. The molecular formula is H6O7Si2Zr. The molecule has 0 spiro atoms. The van der Waals surface area contributed by atoms with Gasteiger partial charge in [0.15, 0.2) is 0 Å². The minimum atomic E-state index is -3.13. The first-order valence-electron chi connectivity index (χ1n) is 1.30. The summed E-state index contributed by atoms with van der Waals surface area (Å²) >= 11 is 0. The predicted molar refractivity (Wildman–Crippen MR) is 25.4 cm³/mol. The Morgan fingerprint density at radius 1 is 0.800 bits per heavy atom. The zero-order chi connectivity index (χ0) is 7.15. The summed E-state index contributed by atoms with van der Waals surface area (Å²) in [6.07, 6.45) is 0. The third-order valence-electron chi connectivity index (χ3n) is 0. The van der Waals surface area contributed by atoms with Gasteiger partial charge in [-0.2, -0.15) is 0 Å². The maximum atomic E-state index is 8.74. The van der Waals surface area contributed by atoms with Crippen molar-refractivity contribution in [3.05, 3.63) is 0 Å². The van der Waals surface area contributed by atoms with Crippen LogP contribution in [0.5, 0.6) is 0 Å². The Hall–Kier alpha value is 0.0769. The Balaban J connectivity index is -0.0000000300. The van der Waals surface area contributed by atoms with Crippen LogP contribution in [0.2, 0.25) is 0 Å². The minimum Gasteiger partial charge on any atom is -0.511 e. The van der Waals surface area contributed by atoms with E-state index in [1.807, 2.05) is 0 Å². The van der Waals surface area contributed by atoms with E-state index < -0.39 is 18.3 Å². The van der Waals surface area contributed by atoms with Gasteiger partial charge < -0.3 is 24.7 Å². The van der Waals surface area contributed by atoms with Crippen LogP contribution in [0, 0.1) is 0 Å². The van der Waals surface area contributed by atoms with Gasteiger partial charge in [0.05, 0.1) is 0 Å². The summed E-state index contributed by atoms with van der Waals surface area (Å²) in [4.78, 5) is 28.6. The fraction of sp³-hybridized carbons (Fsp3) is 0. The zero-order valence-electron chi connectivity index (χ0n) is 4.61. The first-order chi connectivity index (χ1) is 3.46. The van der Waals surface area contributed by atoms with Crippen molar-refractivity contribution in [1.29, 1.82) is 0 Å². The summed E-state index contributed by atoms with van der Waals surface area (Å²) in [5, 5.41) is 0. The Kier molecular flexibility index (Phi) is 36.0. The first-order valence-corrected chi connectivity index (χ1v) is 3.91. The van der Waals surface area contributed by atoms with E-state index in [2.05, 4.69) is 0 Å². The van der Waals surface area contributed by atoms with E-state index in [1.54, 1.807) is 0 Å². The van der Waals surface area contributed by atoms with Crippen molar-refractivity contribution in [1.82, 2.24) is 0 Å². The van der Waals surface area contributed by atoms with Gasteiger partial charge in [0, 0.05) is 26.2 Å². The van der Waals surface area contributed by atoms with Gasteiger partial charge in [0.2, 0.25) is 0 Å². The molecule has 0 fully saturated rings. The Bertz CT molecular complexity index is 69.6. The quantitative estimate of drug-likeness (QED) is 0.328. The molecule has 10 heavy (non-hydrogen) atoms. The largest absolute Gasteiger partial charge is 0.761 e. The molecule has 0 rings (SSSR count). The number of rotatable bonds is 0. The number of hydrogen-bond acceptors (Lipinski definition) is 2. The van der Waals surface area contributed by atoms with Crippen LogP contribution < -0.4 is 0 Å². The van der Waals surface area contributed by atoms with Crippen LogP contribution in [0.25, 0.3) is 0 Å². The molecule has 0 atom stereocenters. The standard InChI is InChI=1S/2H2O3Si.H2O.Zr/c2*1-4(2)3;;/h2*1-2H;1H2;. The maximum Gasteiger partial charge on any atom is 0.761 e. The van der Waals surface area contributed by atoms with Gasteiger partial charge in [-0.15, -0.1) is 0 Å². The Morgan fingerprint density at radius 3 is 0.800 bits per heavy atom. The zero-order valence-corrected chi connectivity index (χ0v) is 9.06. The van der Waals surface area contributed by atoms with Crippen LogP contribution in [0.4, 0.5) is 0 Å². The van der Waals surface area contributed by atoms with Crippen LogP contribution >= 0.6 is 0 Å². The molecule has 0 bridgehead atoms. The third kappa shape index (κ3) is 68400. The smallest absolute Gasteiger partial charge is 0.511 e. The van der Waals surface area contributed by atoms with Crippen molar-refractivity contribution >= 4 is 18.3 Å². The van der Waals surface area contributed by atoms with E-state index in [1.165, 1.54) is 0 Å². The van der Waals surface area contributed by atoms with Gasteiger partial charge in [-0.05, 0) is 0 Å². The molecule has 0 aliphatic carbocycles. The van der Waals surface area contributed by atoms with Crippen molar-refractivity contribution in [2.75, 3.05) is 0 Å². The number of hydrogen-bond donors (Lipinski definition) is 4. The molecule has 0 amide bonds. The maximum absolute atomic E-state index is 8.74. The van der Waals surface area contributed by atoms with Gasteiger partial charge in [0.1, 0.15) is 0 Å². The molecule has 0 radical (unpaired) electrons. The van der Waals surface area contributed by atoms with E-state index in [-0.39, 0.29) is 31.7 Å². The average Bonchev–Trinajstić information content (AvgIpc) is 1.25. The van der Waals surface area contributed by atoms with Crippen LogP contribution in [-0.2, 0) is 35.1 Å². The van der Waals surface area contributed by atoms with E-state index in [9.17, 15) is 0 Å². The van der Waals surface area contributed by atoms with Gasteiger partial charge in [0.25, 0.3) is 0 Å². The van der Waals surface area contributed by atoms with Crippen LogP contribution in [0.15, 0.2) is 0 Å². The minimum absolute atomic E-state index is 0. The normalized spacial score (nSPS) is 4.80. The molecule has 60 valence electrons. The molecule has 0 heterocycles. The van der Waals surface area contributed by atoms with E-state index >= 15 is 0 Å². The summed E-state index contributed by atoms with van der Waals surface area (Å²) < 4.78 is 17.5. The van der Waals surface area contributed by atoms with Crippen molar-refractivity contribution in [2.45, 2.75) is 0 Å². The molecule has 0 aliphatic rings. The van der Waals surface area contributed by atoms with E-state index in [0.717, 1.165) is 0 Å². The van der Waals surface area contributed by atoms with E-state index in [0.29, 0.717) is 0 Å². The second-order valence-electron chi connectivity index (χ2n) is 0.565. The second kappa shape index (κ2) is 16.0. The van der Waals surface area contributed by atoms with Gasteiger partial charge >= 0.3 is 18.3 Å². The molecule has 10 heteroatoms. The van der Waals surface area contributed by atoms with Crippen molar-refractivity contribution in [3.8, 4) is 0 Å². The Labute approximate surface area is 78.2 Å². The van der Waals surface area contributed by atoms with Crippen molar-refractivity contribution in [3.63, 3.8) is 0 Å². The van der Waals surface area contributed by atoms with Gasteiger partial charge in [-0.1, -0.05) is 0 Å². The van der Waals surface area contributed by atoms with Crippen LogP contribution in [0.1, 0.15) is 0 Å². The molecule has 6 N–H and O–H groups in total. The molecule has 0 aromatic rings. The fourth-order valence-corrected chi connectivity index (χ4v) is 0. The SMILES string of the molecule is O.O=[Si](O)O.O=[Si](O)O.[Zr]. The first kappa shape index (κ1) is 22.5. The van der Waals surface area contributed by atoms with E-state index in [4.69, 9.17) is 28.1 Å².